The van der Waals surface area contributed by atoms with Crippen molar-refractivity contribution in [3.8, 4) is 5.75 Å². The van der Waals surface area contributed by atoms with Crippen LogP contribution in [0.4, 0.5) is 5.69 Å². The van der Waals surface area contributed by atoms with Crippen molar-refractivity contribution in [2.45, 2.75) is 59.1 Å². The predicted octanol–water partition coefficient (Wildman–Crippen LogP) is 4.66. The molecule has 0 spiro atoms. The Morgan fingerprint density at radius 2 is 1.90 bits per heavy atom. The molecule has 1 aliphatic rings. The molecule has 0 radical (unpaired) electrons. The molecule has 9 nitrogen and oxygen atoms in total. The lowest BCUT2D eigenvalue weighted by molar-refractivity contribution is -0.385. The minimum absolute atomic E-state index is 0.105. The van der Waals surface area contributed by atoms with Gasteiger partial charge < -0.3 is 9.47 Å². The highest BCUT2D eigenvalue weighted by molar-refractivity contribution is 7.07. The molecule has 1 aromatic heterocycles. The Labute approximate surface area is 229 Å². The molecule has 0 aliphatic carbocycles. The minimum Gasteiger partial charge on any atom is -0.494 e. The van der Waals surface area contributed by atoms with Crippen LogP contribution in [0.3, 0.4) is 0 Å². The SMILES string of the molecule is CCCCCOc1ccc(C2C(C(=O)OC(C)C)=C(C)N=c3sc(=Cc4ccccc4[N+](=O)[O-])c(=O)n32)cc1. The van der Waals surface area contributed by atoms with Gasteiger partial charge in [0, 0.05) is 6.07 Å². The lowest BCUT2D eigenvalue weighted by Gasteiger charge is -2.25. The maximum absolute atomic E-state index is 13.8. The summed E-state index contributed by atoms with van der Waals surface area (Å²) >= 11 is 1.12. The average Bonchev–Trinajstić information content (AvgIpc) is 3.20. The molecular weight excluding hydrogens is 518 g/mol. The van der Waals surface area contributed by atoms with Gasteiger partial charge in [-0.2, -0.15) is 0 Å². The molecule has 1 aliphatic heterocycles. The summed E-state index contributed by atoms with van der Waals surface area (Å²) in [6, 6.07) is 12.8. The molecule has 0 amide bonds. The van der Waals surface area contributed by atoms with Crippen molar-refractivity contribution in [1.82, 2.24) is 4.57 Å². The molecule has 0 N–H and O–H groups in total. The smallest absolute Gasteiger partial charge is 0.338 e. The first-order chi connectivity index (χ1) is 18.7. The van der Waals surface area contributed by atoms with Crippen LogP contribution < -0.4 is 19.6 Å². The van der Waals surface area contributed by atoms with E-state index in [0.717, 1.165) is 30.6 Å². The number of unbranched alkanes of at least 4 members (excludes halogenated alkanes) is 2. The third-order valence-corrected chi connectivity index (χ3v) is 7.20. The number of thiazole rings is 1. The van der Waals surface area contributed by atoms with Gasteiger partial charge in [-0.25, -0.2) is 9.79 Å². The Morgan fingerprint density at radius 3 is 2.56 bits per heavy atom. The van der Waals surface area contributed by atoms with Gasteiger partial charge in [-0.15, -0.1) is 0 Å². The van der Waals surface area contributed by atoms with E-state index < -0.39 is 22.5 Å². The maximum atomic E-state index is 13.8. The molecule has 2 aromatic carbocycles. The fraction of sp³-hybridized carbons (Fsp3) is 0.345. The number of benzene rings is 2. The highest BCUT2D eigenvalue weighted by Gasteiger charge is 2.34. The number of carbonyl (C=O) groups excluding carboxylic acids is 1. The summed E-state index contributed by atoms with van der Waals surface area (Å²) in [6.07, 6.45) is 4.29. The number of esters is 1. The first-order valence-electron chi connectivity index (χ1n) is 12.9. The van der Waals surface area contributed by atoms with Gasteiger partial charge in [0.25, 0.3) is 11.2 Å². The van der Waals surface area contributed by atoms with Crippen LogP contribution >= 0.6 is 11.3 Å². The highest BCUT2D eigenvalue weighted by atomic mass is 32.1. The molecule has 1 unspecified atom stereocenters. The van der Waals surface area contributed by atoms with Crippen LogP contribution in [0, 0.1) is 10.1 Å². The van der Waals surface area contributed by atoms with Crippen molar-refractivity contribution >= 4 is 29.1 Å². The number of nitrogens with zero attached hydrogens (tertiary/aromatic N) is 3. The molecule has 0 saturated carbocycles. The average molecular weight is 550 g/mol. The Hall–Kier alpha value is -4.05. The lowest BCUT2D eigenvalue weighted by Crippen LogP contribution is -2.40. The lowest BCUT2D eigenvalue weighted by atomic mass is 9.96. The summed E-state index contributed by atoms with van der Waals surface area (Å²) in [5, 5.41) is 11.5. The van der Waals surface area contributed by atoms with E-state index in [9.17, 15) is 19.7 Å². The van der Waals surface area contributed by atoms with E-state index >= 15 is 0 Å². The van der Waals surface area contributed by atoms with E-state index in [2.05, 4.69) is 11.9 Å². The molecule has 204 valence electrons. The number of nitro benzene ring substituents is 1. The van der Waals surface area contributed by atoms with Gasteiger partial charge >= 0.3 is 5.97 Å². The van der Waals surface area contributed by atoms with Crippen molar-refractivity contribution in [3.63, 3.8) is 0 Å². The van der Waals surface area contributed by atoms with Gasteiger partial charge in [0.05, 0.1) is 45.0 Å². The van der Waals surface area contributed by atoms with Crippen molar-refractivity contribution in [2.24, 2.45) is 4.99 Å². The monoisotopic (exact) mass is 549 g/mol. The third-order valence-electron chi connectivity index (χ3n) is 6.22. The maximum Gasteiger partial charge on any atom is 0.338 e. The number of para-hydroxylation sites is 1. The van der Waals surface area contributed by atoms with Crippen molar-refractivity contribution in [3.05, 3.63) is 101 Å². The largest absolute Gasteiger partial charge is 0.494 e. The molecular formula is C29H31N3O6S. The first kappa shape index (κ1) is 28.0. The topological polar surface area (TPSA) is 113 Å². The molecule has 0 saturated heterocycles. The van der Waals surface area contributed by atoms with Crippen molar-refractivity contribution < 1.29 is 19.2 Å². The van der Waals surface area contributed by atoms with Crippen LogP contribution in [-0.4, -0.2) is 28.2 Å². The fourth-order valence-corrected chi connectivity index (χ4v) is 5.42. The second kappa shape index (κ2) is 12.2. The molecule has 3 aromatic rings. The number of hydrogen-bond acceptors (Lipinski definition) is 8. The van der Waals surface area contributed by atoms with Crippen molar-refractivity contribution in [2.75, 3.05) is 6.61 Å². The van der Waals surface area contributed by atoms with E-state index in [1.165, 1.54) is 16.7 Å². The van der Waals surface area contributed by atoms with E-state index in [1.807, 2.05) is 24.3 Å². The third kappa shape index (κ3) is 6.17. The van der Waals surface area contributed by atoms with Gasteiger partial charge in [-0.1, -0.05) is 55.4 Å². The number of nitro groups is 1. The standard InChI is InChI=1S/C29H31N3O6S/c1-5-6-9-16-37-22-14-12-20(13-15-22)26-25(28(34)38-18(2)3)19(4)30-29-31(26)27(33)24(39-29)17-21-10-7-8-11-23(21)32(35)36/h7-8,10-15,17-18,26H,5-6,9,16H2,1-4H3. The summed E-state index contributed by atoms with van der Waals surface area (Å²) in [4.78, 5) is 43.0. The second-order valence-corrected chi connectivity index (χ2v) is 10.5. The highest BCUT2D eigenvalue weighted by Crippen LogP contribution is 2.32. The fourth-order valence-electron chi connectivity index (χ4n) is 4.38. The Morgan fingerprint density at radius 1 is 1.18 bits per heavy atom. The van der Waals surface area contributed by atoms with Crippen LogP contribution in [0.2, 0.25) is 0 Å². The number of allylic oxidation sites excluding steroid dienone is 1. The van der Waals surface area contributed by atoms with Crippen LogP contribution in [0.15, 0.2) is 69.6 Å². The van der Waals surface area contributed by atoms with Crippen LogP contribution in [0.1, 0.15) is 64.1 Å². The number of aromatic nitrogens is 1. The van der Waals surface area contributed by atoms with E-state index in [0.29, 0.717) is 34.0 Å². The number of rotatable bonds is 10. The number of carbonyl (C=O) groups is 1. The van der Waals surface area contributed by atoms with Gasteiger partial charge in [-0.3, -0.25) is 19.5 Å². The molecule has 2 heterocycles. The Kier molecular flexibility index (Phi) is 8.75. The van der Waals surface area contributed by atoms with Gasteiger partial charge in [0.1, 0.15) is 5.75 Å². The molecule has 1 atom stereocenters. The minimum atomic E-state index is -0.783. The van der Waals surface area contributed by atoms with Crippen LogP contribution in [0.5, 0.6) is 5.75 Å². The molecule has 4 rings (SSSR count). The summed E-state index contributed by atoms with van der Waals surface area (Å²) in [5.41, 5.74) is 1.22. The summed E-state index contributed by atoms with van der Waals surface area (Å²) in [6.45, 7) is 7.98. The van der Waals surface area contributed by atoms with Gasteiger partial charge in [-0.05, 0) is 57.0 Å². The number of hydrogen-bond donors (Lipinski definition) is 0. The second-order valence-electron chi connectivity index (χ2n) is 9.48. The zero-order valence-corrected chi connectivity index (χ0v) is 23.2. The van der Waals surface area contributed by atoms with E-state index in [4.69, 9.17) is 9.47 Å². The first-order valence-corrected chi connectivity index (χ1v) is 13.7. The zero-order chi connectivity index (χ0) is 28.1. The van der Waals surface area contributed by atoms with Gasteiger partial charge in [0.2, 0.25) is 0 Å². The van der Waals surface area contributed by atoms with Crippen LogP contribution in [-0.2, 0) is 9.53 Å². The molecule has 0 bridgehead atoms. The Balaban J connectivity index is 1.83. The normalized spacial score (nSPS) is 15.2. The van der Waals surface area contributed by atoms with E-state index in [1.54, 1.807) is 39.0 Å². The van der Waals surface area contributed by atoms with Crippen LogP contribution in [0.25, 0.3) is 6.08 Å². The number of fused-ring (bicyclic) bond motifs is 1. The molecule has 39 heavy (non-hydrogen) atoms. The summed E-state index contributed by atoms with van der Waals surface area (Å²) in [7, 11) is 0. The summed E-state index contributed by atoms with van der Waals surface area (Å²) in [5.74, 6) is 0.148. The molecule has 0 fully saturated rings. The quantitative estimate of drug-likeness (QED) is 0.157. The van der Waals surface area contributed by atoms with Gasteiger partial charge in [0.15, 0.2) is 4.80 Å². The van der Waals surface area contributed by atoms with Crippen molar-refractivity contribution in [1.29, 1.82) is 0 Å². The molecule has 10 heteroatoms. The van der Waals surface area contributed by atoms with E-state index in [-0.39, 0.29) is 21.9 Å². The Bertz CT molecular complexity index is 1580. The predicted molar refractivity (Wildman–Crippen MR) is 150 cm³/mol. The summed E-state index contributed by atoms with van der Waals surface area (Å²) < 4.78 is 13.1. The number of ether oxygens (including phenoxy) is 2. The zero-order valence-electron chi connectivity index (χ0n) is 22.4.